The van der Waals surface area contributed by atoms with Gasteiger partial charge in [0.15, 0.2) is 0 Å². The fourth-order valence-electron chi connectivity index (χ4n) is 4.94. The Bertz CT molecular complexity index is 1330. The minimum Gasteiger partial charge on any atom is -0.299 e. The molecule has 2 heterocycles. The van der Waals surface area contributed by atoms with Gasteiger partial charge in [-0.3, -0.25) is 9.69 Å². The Balaban J connectivity index is 1.41. The zero-order valence-corrected chi connectivity index (χ0v) is 20.3. The van der Waals surface area contributed by atoms with Gasteiger partial charge in [-0.05, 0) is 62.1 Å². The van der Waals surface area contributed by atoms with Crippen molar-refractivity contribution in [3.05, 3.63) is 111 Å². The van der Waals surface area contributed by atoms with E-state index in [-0.39, 0.29) is 11.6 Å². The number of hydrogen-bond donors (Lipinski definition) is 0. The first-order chi connectivity index (χ1) is 16.6. The predicted molar refractivity (Wildman–Crippen MR) is 140 cm³/mol. The predicted octanol–water partition coefficient (Wildman–Crippen LogP) is 6.18. The van der Waals surface area contributed by atoms with Crippen LogP contribution in [0.1, 0.15) is 47.7 Å². The summed E-state index contributed by atoms with van der Waals surface area (Å²) in [7, 11) is 0. The lowest BCUT2D eigenvalue weighted by Gasteiger charge is -2.21. The summed E-state index contributed by atoms with van der Waals surface area (Å²) in [6.07, 6.45) is 3.63. The van der Waals surface area contributed by atoms with Crippen molar-refractivity contribution in [3.63, 3.8) is 0 Å². The minimum absolute atomic E-state index is 0.0208. The smallest absolute Gasteiger partial charge is 0.274 e. The largest absolute Gasteiger partial charge is 0.299 e. The van der Waals surface area contributed by atoms with E-state index in [0.29, 0.717) is 6.42 Å². The molecule has 0 radical (unpaired) electrons. The molecule has 1 aliphatic heterocycles. The van der Waals surface area contributed by atoms with Crippen molar-refractivity contribution in [2.75, 3.05) is 13.1 Å². The fourth-order valence-corrected chi connectivity index (χ4v) is 5.07. The molecule has 0 saturated carbocycles. The molecule has 1 aromatic heterocycles. The number of likely N-dealkylation sites (tertiary alicyclic amines) is 1. The lowest BCUT2D eigenvalue weighted by molar-refractivity contribution is 0.270. The van der Waals surface area contributed by atoms with Crippen molar-refractivity contribution < 1.29 is 0 Å². The van der Waals surface area contributed by atoms with Crippen LogP contribution in [0, 0.1) is 6.92 Å². The van der Waals surface area contributed by atoms with E-state index in [1.54, 1.807) is 4.68 Å². The number of hydrogen-bond acceptors (Lipinski definition) is 3. The average molecular weight is 472 g/mol. The zero-order valence-electron chi connectivity index (χ0n) is 19.6. The van der Waals surface area contributed by atoms with E-state index in [0.717, 1.165) is 65.9 Å². The van der Waals surface area contributed by atoms with Crippen LogP contribution in [0.4, 0.5) is 0 Å². The summed E-state index contributed by atoms with van der Waals surface area (Å²) in [4.78, 5) is 16.0. The van der Waals surface area contributed by atoms with Crippen LogP contribution in [-0.2, 0) is 13.0 Å². The summed E-state index contributed by atoms with van der Waals surface area (Å²) >= 11 is 6.08. The van der Waals surface area contributed by atoms with E-state index >= 15 is 0 Å². The zero-order chi connectivity index (χ0) is 23.5. The molecule has 5 rings (SSSR count). The highest BCUT2D eigenvalue weighted by molar-refractivity contribution is 6.30. The monoisotopic (exact) mass is 471 g/mol. The fraction of sp³-hybridized carbons (Fsp3) is 0.310. The molecule has 4 nitrogen and oxygen atoms in total. The first kappa shape index (κ1) is 22.8. The van der Waals surface area contributed by atoms with Crippen molar-refractivity contribution in [3.8, 4) is 0 Å². The average Bonchev–Trinajstić information content (AvgIpc) is 3.09. The second-order valence-corrected chi connectivity index (χ2v) is 9.83. The summed E-state index contributed by atoms with van der Waals surface area (Å²) in [5.41, 5.74) is 4.73. The van der Waals surface area contributed by atoms with Crippen molar-refractivity contribution in [2.45, 2.75) is 45.2 Å². The highest BCUT2D eigenvalue weighted by Crippen LogP contribution is 2.25. The van der Waals surface area contributed by atoms with Gasteiger partial charge in [0.25, 0.3) is 5.56 Å². The van der Waals surface area contributed by atoms with E-state index < -0.39 is 0 Å². The van der Waals surface area contributed by atoms with E-state index in [1.165, 1.54) is 11.1 Å². The van der Waals surface area contributed by atoms with Crippen LogP contribution in [0.3, 0.4) is 0 Å². The number of benzene rings is 3. The molecule has 1 atom stereocenters. The third-order valence-corrected chi connectivity index (χ3v) is 7.10. The molecule has 1 aliphatic rings. The van der Waals surface area contributed by atoms with Crippen molar-refractivity contribution >= 4 is 22.4 Å². The van der Waals surface area contributed by atoms with Gasteiger partial charge >= 0.3 is 0 Å². The van der Waals surface area contributed by atoms with E-state index in [4.69, 9.17) is 16.7 Å². The Hall–Kier alpha value is -2.95. The van der Waals surface area contributed by atoms with E-state index in [9.17, 15) is 4.79 Å². The molecule has 0 N–H and O–H groups in total. The third kappa shape index (κ3) is 5.08. The van der Waals surface area contributed by atoms with Crippen LogP contribution >= 0.6 is 11.6 Å². The van der Waals surface area contributed by atoms with Gasteiger partial charge in [0.1, 0.15) is 0 Å². The molecular weight excluding hydrogens is 442 g/mol. The molecule has 0 spiro atoms. The molecule has 0 amide bonds. The van der Waals surface area contributed by atoms with E-state index in [2.05, 4.69) is 36.1 Å². The molecule has 4 aromatic rings. The maximum Gasteiger partial charge on any atom is 0.274 e. The highest BCUT2D eigenvalue weighted by Gasteiger charge is 2.22. The Morgan fingerprint density at radius 2 is 1.59 bits per heavy atom. The van der Waals surface area contributed by atoms with Gasteiger partial charge in [0.2, 0.25) is 0 Å². The van der Waals surface area contributed by atoms with Gasteiger partial charge in [-0.2, -0.15) is 5.10 Å². The number of nitrogens with zero attached hydrogens (tertiary/aromatic N) is 3. The maximum absolute atomic E-state index is 13.5. The second kappa shape index (κ2) is 10.1. The van der Waals surface area contributed by atoms with Crippen LogP contribution in [0.5, 0.6) is 0 Å². The van der Waals surface area contributed by atoms with Crippen molar-refractivity contribution in [2.24, 2.45) is 0 Å². The van der Waals surface area contributed by atoms with Gasteiger partial charge in [-0.25, -0.2) is 4.68 Å². The number of halogens is 1. The number of fused-ring (bicyclic) bond motifs is 1. The molecule has 1 unspecified atom stereocenters. The van der Waals surface area contributed by atoms with Gasteiger partial charge in [0.05, 0.1) is 17.1 Å². The van der Waals surface area contributed by atoms with Gasteiger partial charge in [-0.1, -0.05) is 71.8 Å². The van der Waals surface area contributed by atoms with Crippen LogP contribution in [0.2, 0.25) is 5.02 Å². The topological polar surface area (TPSA) is 38.1 Å². The minimum atomic E-state index is 0.0208. The van der Waals surface area contributed by atoms with Crippen molar-refractivity contribution in [1.82, 2.24) is 14.7 Å². The van der Waals surface area contributed by atoms with Gasteiger partial charge < -0.3 is 0 Å². The molecule has 0 bridgehead atoms. The number of aromatic nitrogens is 2. The maximum atomic E-state index is 13.5. The molecule has 1 fully saturated rings. The summed E-state index contributed by atoms with van der Waals surface area (Å²) in [5, 5.41) is 7.37. The number of aryl methyl sites for hydroxylation is 1. The normalized spacial score (nSPS) is 17.1. The first-order valence-corrected chi connectivity index (χ1v) is 12.5. The molecule has 1 saturated heterocycles. The lowest BCUT2D eigenvalue weighted by atomic mass is 10.0. The lowest BCUT2D eigenvalue weighted by Crippen LogP contribution is -2.30. The van der Waals surface area contributed by atoms with Crippen LogP contribution in [-0.4, -0.2) is 27.8 Å². The van der Waals surface area contributed by atoms with Crippen LogP contribution in [0.25, 0.3) is 10.8 Å². The SMILES string of the molecule is Cc1ccc(CN2CCCC(n3nc(Cc4ccc(Cl)cc4)c4ccccc4c3=O)CC2)cc1. The standard InChI is InChI=1S/C29H30ClN3O/c1-21-8-10-23(11-9-21)20-32-17-4-5-25(16-18-32)33-29(34)27-7-3-2-6-26(27)28(31-33)19-22-12-14-24(30)15-13-22/h2-3,6-15,25H,4-5,16-20H2,1H3. The molecular formula is C29H30ClN3O. The van der Waals surface area contributed by atoms with Crippen LogP contribution < -0.4 is 5.56 Å². The van der Waals surface area contributed by atoms with Crippen LogP contribution in [0.15, 0.2) is 77.6 Å². The summed E-state index contributed by atoms with van der Waals surface area (Å²) in [6, 6.07) is 24.6. The van der Waals surface area contributed by atoms with E-state index in [1.807, 2.05) is 48.5 Å². The summed E-state index contributed by atoms with van der Waals surface area (Å²) < 4.78 is 1.78. The molecule has 0 aliphatic carbocycles. The molecule has 174 valence electrons. The first-order valence-electron chi connectivity index (χ1n) is 12.1. The highest BCUT2D eigenvalue weighted by atomic mass is 35.5. The molecule has 3 aromatic carbocycles. The van der Waals surface area contributed by atoms with Gasteiger partial charge in [-0.15, -0.1) is 0 Å². The molecule has 34 heavy (non-hydrogen) atoms. The van der Waals surface area contributed by atoms with Crippen molar-refractivity contribution in [1.29, 1.82) is 0 Å². The molecule has 5 heteroatoms. The Labute approximate surface area is 205 Å². The summed E-state index contributed by atoms with van der Waals surface area (Å²) in [5.74, 6) is 0. The Kier molecular flexibility index (Phi) is 6.80. The van der Waals surface area contributed by atoms with Gasteiger partial charge in [0, 0.05) is 29.9 Å². The number of rotatable bonds is 5. The third-order valence-electron chi connectivity index (χ3n) is 6.85. The Morgan fingerprint density at radius 3 is 2.35 bits per heavy atom. The quantitative estimate of drug-likeness (QED) is 0.349. The Morgan fingerprint density at radius 1 is 0.882 bits per heavy atom. The second-order valence-electron chi connectivity index (χ2n) is 9.39. The summed E-state index contributed by atoms with van der Waals surface area (Å²) in [6.45, 7) is 5.08.